The van der Waals surface area contributed by atoms with Crippen molar-refractivity contribution < 1.29 is 0 Å². The number of hydrazine groups is 1. The predicted octanol–water partition coefficient (Wildman–Crippen LogP) is 0.201. The SMILES string of the molecule is C=CC(Cl)NN. The van der Waals surface area contributed by atoms with Crippen molar-refractivity contribution in [1.82, 2.24) is 5.43 Å². The molecule has 0 saturated heterocycles. The van der Waals surface area contributed by atoms with Gasteiger partial charge in [0.05, 0.1) is 0 Å². The maximum Gasteiger partial charge on any atom is 0.113 e. The molecule has 0 aliphatic carbocycles. The third kappa shape index (κ3) is 2.20. The van der Waals surface area contributed by atoms with Crippen LogP contribution in [0.3, 0.4) is 0 Å². The highest BCUT2D eigenvalue weighted by Crippen LogP contribution is 1.84. The fraction of sp³-hybridized carbons (Fsp3) is 0.333. The van der Waals surface area contributed by atoms with E-state index in [1.165, 1.54) is 6.08 Å². The Bertz CT molecular complexity index is 46.1. The first kappa shape index (κ1) is 5.95. The highest BCUT2D eigenvalue weighted by atomic mass is 35.5. The molecule has 3 heteroatoms. The van der Waals surface area contributed by atoms with Gasteiger partial charge in [-0.15, -0.1) is 6.58 Å². The summed E-state index contributed by atoms with van der Waals surface area (Å²) < 4.78 is 0. The molecule has 0 aliphatic heterocycles. The highest BCUT2D eigenvalue weighted by Gasteiger charge is 1.85. The molecule has 1 atom stereocenters. The molecular formula is C3H7ClN2. The topological polar surface area (TPSA) is 38.0 Å². The second-order valence-electron chi connectivity index (χ2n) is 0.804. The van der Waals surface area contributed by atoms with E-state index in [4.69, 9.17) is 17.4 Å². The maximum atomic E-state index is 5.30. The molecule has 6 heavy (non-hydrogen) atoms. The van der Waals surface area contributed by atoms with Gasteiger partial charge in [-0.3, -0.25) is 5.84 Å². The van der Waals surface area contributed by atoms with Crippen LogP contribution in [0, 0.1) is 0 Å². The lowest BCUT2D eigenvalue weighted by Crippen LogP contribution is -2.28. The van der Waals surface area contributed by atoms with E-state index in [-0.39, 0.29) is 5.50 Å². The lowest BCUT2D eigenvalue weighted by atomic mass is 10.6. The van der Waals surface area contributed by atoms with E-state index in [1.807, 2.05) is 0 Å². The summed E-state index contributed by atoms with van der Waals surface area (Å²) in [5.74, 6) is 4.83. The van der Waals surface area contributed by atoms with Gasteiger partial charge >= 0.3 is 0 Å². The number of hydrogen-bond donors (Lipinski definition) is 2. The molecule has 36 valence electrons. The second-order valence-corrected chi connectivity index (χ2v) is 1.27. The number of nitrogens with one attached hydrogen (secondary N) is 1. The average Bonchev–Trinajstić information content (AvgIpc) is 1.65. The van der Waals surface area contributed by atoms with Crippen LogP contribution >= 0.6 is 11.6 Å². The Morgan fingerprint density at radius 1 is 2.00 bits per heavy atom. The van der Waals surface area contributed by atoms with E-state index in [0.717, 1.165) is 0 Å². The molecule has 3 N–H and O–H groups in total. The molecule has 0 aromatic rings. The Morgan fingerprint density at radius 3 is 2.50 bits per heavy atom. The summed E-state index contributed by atoms with van der Waals surface area (Å²) >= 11 is 5.30. The summed E-state index contributed by atoms with van der Waals surface area (Å²) in [6.07, 6.45) is 1.50. The number of rotatable bonds is 2. The van der Waals surface area contributed by atoms with Gasteiger partial charge in [0.1, 0.15) is 5.50 Å². The van der Waals surface area contributed by atoms with E-state index in [1.54, 1.807) is 0 Å². The second kappa shape index (κ2) is 3.15. The van der Waals surface area contributed by atoms with Crippen molar-refractivity contribution in [2.75, 3.05) is 0 Å². The van der Waals surface area contributed by atoms with Crippen molar-refractivity contribution in [2.24, 2.45) is 5.84 Å². The molecule has 1 unspecified atom stereocenters. The lowest BCUT2D eigenvalue weighted by Gasteiger charge is -1.95. The number of alkyl halides is 1. The molecule has 0 spiro atoms. The molecule has 0 radical (unpaired) electrons. The van der Waals surface area contributed by atoms with Crippen LogP contribution in [0.15, 0.2) is 12.7 Å². The molecule has 0 aromatic carbocycles. The van der Waals surface area contributed by atoms with Gasteiger partial charge in [0, 0.05) is 0 Å². The zero-order valence-electron chi connectivity index (χ0n) is 3.32. The van der Waals surface area contributed by atoms with Crippen LogP contribution in [0.25, 0.3) is 0 Å². The Kier molecular flexibility index (Phi) is 3.13. The van der Waals surface area contributed by atoms with Crippen molar-refractivity contribution in [1.29, 1.82) is 0 Å². The van der Waals surface area contributed by atoms with Crippen molar-refractivity contribution in [3.05, 3.63) is 12.7 Å². The molecule has 0 fully saturated rings. The molecule has 0 aromatic heterocycles. The third-order valence-corrected chi connectivity index (χ3v) is 0.670. The number of nitrogens with two attached hydrogens (primary N) is 1. The van der Waals surface area contributed by atoms with Gasteiger partial charge in [-0.05, 0) is 0 Å². The van der Waals surface area contributed by atoms with Crippen LogP contribution in [0.1, 0.15) is 0 Å². The van der Waals surface area contributed by atoms with E-state index in [9.17, 15) is 0 Å². The summed E-state index contributed by atoms with van der Waals surface area (Å²) in [5.41, 5.74) is 1.96. The molecule has 0 bridgehead atoms. The average molecular weight is 107 g/mol. The molecule has 0 saturated carbocycles. The van der Waals surface area contributed by atoms with Crippen molar-refractivity contribution in [2.45, 2.75) is 5.50 Å². The fourth-order valence-corrected chi connectivity index (χ4v) is 0.0680. The minimum Gasteiger partial charge on any atom is -0.270 e. The summed E-state index contributed by atoms with van der Waals surface area (Å²) in [4.78, 5) is 0. The Morgan fingerprint density at radius 2 is 2.50 bits per heavy atom. The minimum atomic E-state index is -0.301. The molecular weight excluding hydrogens is 99.5 g/mol. The van der Waals surface area contributed by atoms with Crippen LogP contribution in [0.2, 0.25) is 0 Å². The van der Waals surface area contributed by atoms with Crippen LogP contribution in [0.4, 0.5) is 0 Å². The first-order chi connectivity index (χ1) is 2.81. The van der Waals surface area contributed by atoms with Gasteiger partial charge in [-0.2, -0.15) is 0 Å². The number of halogens is 1. The first-order valence-electron chi connectivity index (χ1n) is 1.54. The minimum absolute atomic E-state index is 0.301. The molecule has 0 amide bonds. The molecule has 0 heterocycles. The van der Waals surface area contributed by atoms with Crippen molar-refractivity contribution in [3.63, 3.8) is 0 Å². The van der Waals surface area contributed by atoms with Crippen LogP contribution in [0.5, 0.6) is 0 Å². The monoisotopic (exact) mass is 106 g/mol. The highest BCUT2D eigenvalue weighted by molar-refractivity contribution is 6.21. The summed E-state index contributed by atoms with van der Waals surface area (Å²) in [6.45, 7) is 3.36. The zero-order chi connectivity index (χ0) is 4.99. The summed E-state index contributed by atoms with van der Waals surface area (Å²) in [7, 11) is 0. The van der Waals surface area contributed by atoms with E-state index in [2.05, 4.69) is 12.0 Å². The summed E-state index contributed by atoms with van der Waals surface area (Å²) in [6, 6.07) is 0. The van der Waals surface area contributed by atoms with Gasteiger partial charge in [0.2, 0.25) is 0 Å². The Balaban J connectivity index is 2.96. The van der Waals surface area contributed by atoms with Crippen LogP contribution in [-0.2, 0) is 0 Å². The molecule has 0 rings (SSSR count). The lowest BCUT2D eigenvalue weighted by molar-refractivity contribution is 0.773. The molecule has 0 aliphatic rings. The zero-order valence-corrected chi connectivity index (χ0v) is 4.07. The van der Waals surface area contributed by atoms with Gasteiger partial charge in [-0.25, -0.2) is 5.43 Å². The van der Waals surface area contributed by atoms with E-state index < -0.39 is 0 Å². The normalized spacial score (nSPS) is 13.7. The summed E-state index contributed by atoms with van der Waals surface area (Å²) in [5, 5.41) is 0. The van der Waals surface area contributed by atoms with Gasteiger partial charge in [0.15, 0.2) is 0 Å². The van der Waals surface area contributed by atoms with Crippen LogP contribution in [-0.4, -0.2) is 5.50 Å². The standard InChI is InChI=1S/C3H7ClN2/c1-2-3(4)6-5/h2-3,6H,1,5H2. The Labute approximate surface area is 41.9 Å². The van der Waals surface area contributed by atoms with E-state index >= 15 is 0 Å². The smallest absolute Gasteiger partial charge is 0.113 e. The first-order valence-corrected chi connectivity index (χ1v) is 1.97. The van der Waals surface area contributed by atoms with Crippen molar-refractivity contribution in [3.8, 4) is 0 Å². The molecule has 2 nitrogen and oxygen atoms in total. The predicted molar refractivity (Wildman–Crippen MR) is 27.2 cm³/mol. The number of hydrogen-bond acceptors (Lipinski definition) is 2. The van der Waals surface area contributed by atoms with Gasteiger partial charge in [0.25, 0.3) is 0 Å². The largest absolute Gasteiger partial charge is 0.270 e. The van der Waals surface area contributed by atoms with Crippen molar-refractivity contribution >= 4 is 11.6 Å². The van der Waals surface area contributed by atoms with Gasteiger partial charge < -0.3 is 0 Å². The van der Waals surface area contributed by atoms with Gasteiger partial charge in [-0.1, -0.05) is 17.7 Å². The van der Waals surface area contributed by atoms with Crippen LogP contribution < -0.4 is 11.3 Å². The third-order valence-electron chi connectivity index (χ3n) is 0.366. The fourth-order valence-electron chi connectivity index (χ4n) is 0.0680. The van der Waals surface area contributed by atoms with E-state index in [0.29, 0.717) is 0 Å². The maximum absolute atomic E-state index is 5.30. The quantitative estimate of drug-likeness (QED) is 0.174. The Hall–Kier alpha value is -0.0500.